The van der Waals surface area contributed by atoms with Crippen LogP contribution in [-0.4, -0.2) is 65.4 Å². The summed E-state index contributed by atoms with van der Waals surface area (Å²) < 4.78 is 1.95. The van der Waals surface area contributed by atoms with E-state index < -0.39 is 0 Å². The Morgan fingerprint density at radius 1 is 1.37 bits per heavy atom. The quantitative estimate of drug-likeness (QED) is 0.847. The summed E-state index contributed by atoms with van der Waals surface area (Å²) >= 11 is 0. The lowest BCUT2D eigenvalue weighted by Gasteiger charge is -2.38. The first-order valence-electron chi connectivity index (χ1n) is 7.09. The summed E-state index contributed by atoms with van der Waals surface area (Å²) in [6, 6.07) is 2.91. The van der Waals surface area contributed by atoms with Gasteiger partial charge in [0.05, 0.1) is 5.69 Å². The number of piperazine rings is 1. The molecule has 1 fully saturated rings. The molecular weight excluding hydrogens is 238 g/mol. The van der Waals surface area contributed by atoms with Gasteiger partial charge in [0.2, 0.25) is 0 Å². The molecule has 1 aliphatic rings. The number of aryl methyl sites for hydroxylation is 2. The Morgan fingerprint density at radius 3 is 2.74 bits per heavy atom. The van der Waals surface area contributed by atoms with Crippen molar-refractivity contribution in [3.8, 4) is 0 Å². The fourth-order valence-corrected chi connectivity index (χ4v) is 2.91. The van der Waals surface area contributed by atoms with Gasteiger partial charge >= 0.3 is 0 Å². The lowest BCUT2D eigenvalue weighted by atomic mass is 10.0. The number of aromatic nitrogens is 2. The minimum Gasteiger partial charge on any atom is -0.327 e. The smallest absolute Gasteiger partial charge is 0.0596 e. The molecule has 2 unspecified atom stereocenters. The van der Waals surface area contributed by atoms with E-state index in [9.17, 15) is 0 Å². The first kappa shape index (κ1) is 14.5. The summed E-state index contributed by atoms with van der Waals surface area (Å²) in [5.41, 5.74) is 8.64. The topological polar surface area (TPSA) is 50.3 Å². The van der Waals surface area contributed by atoms with Crippen LogP contribution in [0.1, 0.15) is 17.8 Å². The summed E-state index contributed by atoms with van der Waals surface area (Å²) in [5.74, 6) is 0. The number of nitrogens with two attached hydrogens (primary N) is 1. The first-order chi connectivity index (χ1) is 8.95. The van der Waals surface area contributed by atoms with E-state index in [2.05, 4.69) is 35.1 Å². The number of rotatable bonds is 4. The van der Waals surface area contributed by atoms with E-state index in [-0.39, 0.29) is 6.04 Å². The van der Waals surface area contributed by atoms with Crippen LogP contribution < -0.4 is 5.73 Å². The molecule has 19 heavy (non-hydrogen) atoms. The Morgan fingerprint density at radius 2 is 2.11 bits per heavy atom. The summed E-state index contributed by atoms with van der Waals surface area (Å²) in [6.45, 7) is 5.44. The predicted octanol–water partition coefficient (Wildman–Crippen LogP) is 0.234. The van der Waals surface area contributed by atoms with Crippen molar-refractivity contribution in [2.24, 2.45) is 12.8 Å². The molecule has 108 valence electrons. The van der Waals surface area contributed by atoms with Crippen molar-refractivity contribution in [3.05, 3.63) is 17.5 Å². The molecule has 2 heterocycles. The highest BCUT2D eigenvalue weighted by molar-refractivity contribution is 5.10. The Balaban J connectivity index is 1.90. The van der Waals surface area contributed by atoms with E-state index in [1.807, 2.05) is 18.7 Å². The number of hydrogen-bond donors (Lipinski definition) is 1. The predicted molar refractivity (Wildman–Crippen MR) is 78.2 cm³/mol. The summed E-state index contributed by atoms with van der Waals surface area (Å²) in [7, 11) is 6.39. The minimum atomic E-state index is 0.203. The van der Waals surface area contributed by atoms with Crippen LogP contribution in [-0.2, 0) is 13.5 Å². The standard InChI is InChI=1S/C14H27N5/c1-11-7-13(19(4)16-11)8-12(15)9-14-10-17(2)5-6-18(14)3/h7,12,14H,5-6,8-10,15H2,1-4H3. The van der Waals surface area contributed by atoms with Crippen LogP contribution in [0.2, 0.25) is 0 Å². The van der Waals surface area contributed by atoms with Crippen LogP contribution >= 0.6 is 0 Å². The largest absolute Gasteiger partial charge is 0.327 e. The van der Waals surface area contributed by atoms with E-state index in [0.29, 0.717) is 6.04 Å². The molecule has 1 aromatic rings. The highest BCUT2D eigenvalue weighted by Crippen LogP contribution is 2.14. The Bertz CT molecular complexity index is 414. The Hall–Kier alpha value is -0.910. The number of hydrogen-bond acceptors (Lipinski definition) is 4. The van der Waals surface area contributed by atoms with Gasteiger partial charge < -0.3 is 15.5 Å². The molecule has 1 aliphatic heterocycles. The molecular formula is C14H27N5. The number of nitrogens with zero attached hydrogens (tertiary/aromatic N) is 4. The van der Waals surface area contributed by atoms with Gasteiger partial charge in [-0.25, -0.2) is 0 Å². The van der Waals surface area contributed by atoms with Crippen LogP contribution in [0.3, 0.4) is 0 Å². The molecule has 2 N–H and O–H groups in total. The van der Waals surface area contributed by atoms with E-state index in [1.165, 1.54) is 5.69 Å². The molecule has 5 heteroatoms. The molecule has 0 saturated carbocycles. The van der Waals surface area contributed by atoms with Gasteiger partial charge in [-0.1, -0.05) is 0 Å². The van der Waals surface area contributed by atoms with Gasteiger partial charge in [0.1, 0.15) is 0 Å². The molecule has 1 aromatic heterocycles. The van der Waals surface area contributed by atoms with Crippen molar-refractivity contribution < 1.29 is 0 Å². The van der Waals surface area contributed by atoms with Crippen LogP contribution in [0.15, 0.2) is 6.07 Å². The maximum Gasteiger partial charge on any atom is 0.0596 e. The summed E-state index contributed by atoms with van der Waals surface area (Å²) in [6.07, 6.45) is 1.95. The zero-order chi connectivity index (χ0) is 14.0. The molecule has 1 saturated heterocycles. The maximum atomic E-state index is 6.34. The van der Waals surface area contributed by atoms with Crippen LogP contribution in [0.25, 0.3) is 0 Å². The van der Waals surface area contributed by atoms with Gasteiger partial charge in [-0.2, -0.15) is 5.10 Å². The van der Waals surface area contributed by atoms with E-state index >= 15 is 0 Å². The zero-order valence-electron chi connectivity index (χ0n) is 12.6. The van der Waals surface area contributed by atoms with E-state index in [1.54, 1.807) is 0 Å². The van der Waals surface area contributed by atoms with Crippen LogP contribution in [0.4, 0.5) is 0 Å². The summed E-state index contributed by atoms with van der Waals surface area (Å²) in [4.78, 5) is 4.83. The van der Waals surface area contributed by atoms with Gasteiger partial charge in [-0.05, 0) is 33.5 Å². The third kappa shape index (κ3) is 3.78. The third-order valence-electron chi connectivity index (χ3n) is 4.13. The number of likely N-dealkylation sites (N-methyl/N-ethyl adjacent to an activating group) is 2. The van der Waals surface area contributed by atoms with Crippen molar-refractivity contribution in [2.75, 3.05) is 33.7 Å². The molecule has 0 radical (unpaired) electrons. The van der Waals surface area contributed by atoms with Crippen molar-refractivity contribution in [1.82, 2.24) is 19.6 Å². The van der Waals surface area contributed by atoms with Crippen LogP contribution in [0, 0.1) is 6.92 Å². The van der Waals surface area contributed by atoms with Crippen molar-refractivity contribution >= 4 is 0 Å². The van der Waals surface area contributed by atoms with Crippen molar-refractivity contribution in [3.63, 3.8) is 0 Å². The maximum absolute atomic E-state index is 6.34. The van der Waals surface area contributed by atoms with Gasteiger partial charge in [0.25, 0.3) is 0 Å². The second kappa shape index (κ2) is 6.03. The van der Waals surface area contributed by atoms with E-state index in [4.69, 9.17) is 5.73 Å². The molecule has 0 bridgehead atoms. The van der Waals surface area contributed by atoms with Crippen LogP contribution in [0.5, 0.6) is 0 Å². The molecule has 0 aliphatic carbocycles. The highest BCUT2D eigenvalue weighted by atomic mass is 15.3. The molecule has 0 amide bonds. The second-order valence-electron chi connectivity index (χ2n) is 6.00. The second-order valence-corrected chi connectivity index (χ2v) is 6.00. The Labute approximate surface area is 116 Å². The highest BCUT2D eigenvalue weighted by Gasteiger charge is 2.24. The molecule has 2 rings (SSSR count). The average Bonchev–Trinajstić information content (AvgIpc) is 2.62. The monoisotopic (exact) mass is 265 g/mol. The lowest BCUT2D eigenvalue weighted by Crippen LogP contribution is -2.51. The molecule has 2 atom stereocenters. The molecule has 0 aromatic carbocycles. The zero-order valence-corrected chi connectivity index (χ0v) is 12.6. The van der Waals surface area contributed by atoms with Crippen molar-refractivity contribution in [1.29, 1.82) is 0 Å². The Kier molecular flexibility index (Phi) is 4.60. The average molecular weight is 265 g/mol. The summed E-state index contributed by atoms with van der Waals surface area (Å²) in [5, 5.41) is 4.38. The van der Waals surface area contributed by atoms with Gasteiger partial charge in [-0.15, -0.1) is 0 Å². The molecule has 0 spiro atoms. The third-order valence-corrected chi connectivity index (χ3v) is 4.13. The van der Waals surface area contributed by atoms with Crippen molar-refractivity contribution in [2.45, 2.75) is 31.8 Å². The van der Waals surface area contributed by atoms with Gasteiger partial charge in [0, 0.05) is 50.9 Å². The molecule has 5 nitrogen and oxygen atoms in total. The van der Waals surface area contributed by atoms with Gasteiger partial charge in [-0.3, -0.25) is 4.68 Å². The fraction of sp³-hybridized carbons (Fsp3) is 0.786. The SMILES string of the molecule is Cc1cc(CC(N)CC2CN(C)CCN2C)n(C)n1. The normalized spacial score (nSPS) is 23.7. The first-order valence-corrected chi connectivity index (χ1v) is 7.09. The van der Waals surface area contributed by atoms with E-state index in [0.717, 1.165) is 38.2 Å². The van der Waals surface area contributed by atoms with Gasteiger partial charge in [0.15, 0.2) is 0 Å². The fourth-order valence-electron chi connectivity index (χ4n) is 2.91. The lowest BCUT2D eigenvalue weighted by molar-refractivity contribution is 0.104. The minimum absolute atomic E-state index is 0.203.